The van der Waals surface area contributed by atoms with E-state index in [1.54, 1.807) is 24.8 Å². The molecule has 1 aliphatic carbocycles. The molecule has 0 radical (unpaired) electrons. The summed E-state index contributed by atoms with van der Waals surface area (Å²) in [5, 5.41) is 3.41. The third-order valence-electron chi connectivity index (χ3n) is 5.64. The van der Waals surface area contributed by atoms with Crippen molar-refractivity contribution in [2.75, 3.05) is 18.4 Å². The highest BCUT2D eigenvalue weighted by molar-refractivity contribution is 5.95. The monoisotopic (exact) mass is 337 g/mol. The van der Waals surface area contributed by atoms with Crippen molar-refractivity contribution in [3.63, 3.8) is 0 Å². The van der Waals surface area contributed by atoms with E-state index in [2.05, 4.69) is 20.3 Å². The predicted octanol–water partition coefficient (Wildman–Crippen LogP) is 2.68. The standard InChI is InChI=1S/C19H23N5O/c1-14-3-8-20-13-16(14)17(25)24-9-4-19(5-10-24)11-15(12-19)23-18-21-6-2-7-22-18/h2-3,6-8,13,15H,4-5,9-12H2,1H3,(H,21,22,23). The Bertz CT molecular complexity index is 747. The van der Waals surface area contributed by atoms with E-state index in [0.29, 0.717) is 17.4 Å². The van der Waals surface area contributed by atoms with Crippen molar-refractivity contribution in [3.05, 3.63) is 48.0 Å². The van der Waals surface area contributed by atoms with Gasteiger partial charge in [0.15, 0.2) is 0 Å². The normalized spacial score (nSPS) is 19.5. The second-order valence-corrected chi connectivity index (χ2v) is 7.30. The van der Waals surface area contributed by atoms with Gasteiger partial charge in [-0.3, -0.25) is 9.78 Å². The highest BCUT2D eigenvalue weighted by Crippen LogP contribution is 2.49. The number of pyridine rings is 1. The summed E-state index contributed by atoms with van der Waals surface area (Å²) < 4.78 is 0. The number of piperidine rings is 1. The van der Waals surface area contributed by atoms with E-state index >= 15 is 0 Å². The Kier molecular flexibility index (Phi) is 4.11. The molecule has 6 nitrogen and oxygen atoms in total. The number of rotatable bonds is 3. The minimum atomic E-state index is 0.118. The quantitative estimate of drug-likeness (QED) is 0.932. The zero-order valence-corrected chi connectivity index (χ0v) is 14.5. The van der Waals surface area contributed by atoms with Gasteiger partial charge in [0.05, 0.1) is 5.56 Å². The predicted molar refractivity (Wildman–Crippen MR) is 95.2 cm³/mol. The number of anilines is 1. The molecule has 0 unspecified atom stereocenters. The van der Waals surface area contributed by atoms with Crippen LogP contribution in [0.4, 0.5) is 5.95 Å². The average molecular weight is 337 g/mol. The third-order valence-corrected chi connectivity index (χ3v) is 5.64. The summed E-state index contributed by atoms with van der Waals surface area (Å²) in [4.78, 5) is 27.2. The van der Waals surface area contributed by atoms with E-state index in [0.717, 1.165) is 49.9 Å². The van der Waals surface area contributed by atoms with Crippen LogP contribution in [0, 0.1) is 12.3 Å². The summed E-state index contributed by atoms with van der Waals surface area (Å²) in [6, 6.07) is 4.17. The van der Waals surface area contributed by atoms with Crippen LogP contribution in [0.1, 0.15) is 41.6 Å². The molecular formula is C19H23N5O. The van der Waals surface area contributed by atoms with Crippen LogP contribution in [0.2, 0.25) is 0 Å². The van der Waals surface area contributed by atoms with Gasteiger partial charge in [-0.15, -0.1) is 0 Å². The summed E-state index contributed by atoms with van der Waals surface area (Å²) in [5.74, 6) is 0.828. The third kappa shape index (κ3) is 3.21. The number of likely N-dealkylation sites (tertiary alicyclic amines) is 1. The van der Waals surface area contributed by atoms with E-state index in [1.165, 1.54) is 0 Å². The summed E-state index contributed by atoms with van der Waals surface area (Å²) >= 11 is 0. The zero-order chi connectivity index (χ0) is 17.3. The van der Waals surface area contributed by atoms with Crippen molar-refractivity contribution >= 4 is 11.9 Å². The molecule has 2 fully saturated rings. The number of nitrogens with zero attached hydrogens (tertiary/aromatic N) is 4. The van der Waals surface area contributed by atoms with Gasteiger partial charge in [0.1, 0.15) is 0 Å². The molecule has 1 saturated heterocycles. The van der Waals surface area contributed by atoms with Crippen LogP contribution in [0.3, 0.4) is 0 Å². The lowest BCUT2D eigenvalue weighted by Crippen LogP contribution is -2.52. The molecule has 0 aromatic carbocycles. The maximum atomic E-state index is 12.7. The van der Waals surface area contributed by atoms with E-state index in [9.17, 15) is 4.79 Å². The van der Waals surface area contributed by atoms with Gasteiger partial charge >= 0.3 is 0 Å². The van der Waals surface area contributed by atoms with E-state index < -0.39 is 0 Å². The molecule has 3 heterocycles. The van der Waals surface area contributed by atoms with Gasteiger partial charge in [0, 0.05) is 43.9 Å². The maximum absolute atomic E-state index is 12.7. The lowest BCUT2D eigenvalue weighted by atomic mass is 9.60. The molecule has 1 saturated carbocycles. The number of carbonyl (C=O) groups is 1. The summed E-state index contributed by atoms with van der Waals surface area (Å²) in [5.41, 5.74) is 2.11. The number of amides is 1. The topological polar surface area (TPSA) is 71.0 Å². The Balaban J connectivity index is 1.31. The fourth-order valence-electron chi connectivity index (χ4n) is 4.09. The second-order valence-electron chi connectivity index (χ2n) is 7.30. The Morgan fingerprint density at radius 2 is 1.92 bits per heavy atom. The van der Waals surface area contributed by atoms with Crippen LogP contribution >= 0.6 is 0 Å². The Morgan fingerprint density at radius 3 is 2.60 bits per heavy atom. The summed E-state index contributed by atoms with van der Waals surface area (Å²) in [7, 11) is 0. The van der Waals surface area contributed by atoms with Crippen molar-refractivity contribution < 1.29 is 4.79 Å². The first-order valence-electron chi connectivity index (χ1n) is 8.89. The molecule has 0 bridgehead atoms. The Hall–Kier alpha value is -2.50. The molecule has 1 N–H and O–H groups in total. The van der Waals surface area contributed by atoms with Crippen molar-refractivity contribution in [1.29, 1.82) is 0 Å². The average Bonchev–Trinajstić information content (AvgIpc) is 2.62. The van der Waals surface area contributed by atoms with Crippen LogP contribution in [0.25, 0.3) is 0 Å². The number of aromatic nitrogens is 3. The number of nitrogens with one attached hydrogen (secondary N) is 1. The SMILES string of the molecule is Cc1ccncc1C(=O)N1CCC2(CC1)CC(Nc1ncccn1)C2. The fourth-order valence-corrected chi connectivity index (χ4v) is 4.09. The minimum absolute atomic E-state index is 0.118. The van der Waals surface area contributed by atoms with Gasteiger partial charge in [0.2, 0.25) is 5.95 Å². The van der Waals surface area contributed by atoms with Crippen molar-refractivity contribution in [2.24, 2.45) is 5.41 Å². The maximum Gasteiger partial charge on any atom is 0.255 e. The molecule has 1 aliphatic heterocycles. The van der Waals surface area contributed by atoms with Crippen LogP contribution in [-0.2, 0) is 0 Å². The van der Waals surface area contributed by atoms with E-state index in [1.807, 2.05) is 24.0 Å². The molecule has 2 aromatic heterocycles. The molecule has 4 rings (SSSR count). The van der Waals surface area contributed by atoms with Gasteiger partial charge in [-0.2, -0.15) is 0 Å². The molecule has 1 amide bonds. The van der Waals surface area contributed by atoms with Crippen LogP contribution in [0.15, 0.2) is 36.9 Å². The van der Waals surface area contributed by atoms with Crippen LogP contribution in [-0.4, -0.2) is 44.9 Å². The number of aryl methyl sites for hydroxylation is 1. The van der Waals surface area contributed by atoms with Gasteiger partial charge in [0.25, 0.3) is 5.91 Å². The lowest BCUT2D eigenvalue weighted by molar-refractivity contribution is 0.0218. The first kappa shape index (κ1) is 16.0. The van der Waals surface area contributed by atoms with Gasteiger partial charge in [-0.1, -0.05) is 0 Å². The summed E-state index contributed by atoms with van der Waals surface area (Å²) in [6.45, 7) is 3.64. The number of hydrogen-bond donors (Lipinski definition) is 1. The number of hydrogen-bond acceptors (Lipinski definition) is 5. The minimum Gasteiger partial charge on any atom is -0.351 e. The van der Waals surface area contributed by atoms with E-state index in [-0.39, 0.29) is 5.91 Å². The van der Waals surface area contributed by atoms with Crippen molar-refractivity contribution in [2.45, 2.75) is 38.6 Å². The highest BCUT2D eigenvalue weighted by atomic mass is 16.2. The largest absolute Gasteiger partial charge is 0.351 e. The van der Waals surface area contributed by atoms with Crippen molar-refractivity contribution in [3.8, 4) is 0 Å². The zero-order valence-electron chi connectivity index (χ0n) is 14.5. The van der Waals surface area contributed by atoms with Crippen molar-refractivity contribution in [1.82, 2.24) is 19.9 Å². The first-order valence-corrected chi connectivity index (χ1v) is 8.89. The van der Waals surface area contributed by atoms with Gasteiger partial charge < -0.3 is 10.2 Å². The lowest BCUT2D eigenvalue weighted by Gasteiger charge is -2.52. The molecular weight excluding hydrogens is 314 g/mol. The molecule has 6 heteroatoms. The second kappa shape index (κ2) is 6.43. The van der Waals surface area contributed by atoms with Gasteiger partial charge in [-0.05, 0) is 55.7 Å². The first-order chi connectivity index (χ1) is 12.2. The Morgan fingerprint density at radius 1 is 1.20 bits per heavy atom. The highest BCUT2D eigenvalue weighted by Gasteiger charge is 2.46. The summed E-state index contributed by atoms with van der Waals surface area (Å²) in [6.07, 6.45) is 11.4. The van der Waals surface area contributed by atoms with Gasteiger partial charge in [-0.25, -0.2) is 9.97 Å². The van der Waals surface area contributed by atoms with E-state index in [4.69, 9.17) is 0 Å². The molecule has 130 valence electrons. The molecule has 1 spiro atoms. The molecule has 0 atom stereocenters. The smallest absolute Gasteiger partial charge is 0.255 e. The fraction of sp³-hybridized carbons (Fsp3) is 0.474. The Labute approximate surface area is 147 Å². The molecule has 2 aliphatic rings. The van der Waals surface area contributed by atoms with Crippen LogP contribution < -0.4 is 5.32 Å². The molecule has 25 heavy (non-hydrogen) atoms. The molecule has 2 aromatic rings. The number of carbonyl (C=O) groups excluding carboxylic acids is 1. The van der Waals surface area contributed by atoms with Crippen LogP contribution in [0.5, 0.6) is 0 Å².